The summed E-state index contributed by atoms with van der Waals surface area (Å²) in [5.41, 5.74) is 1.88. The van der Waals surface area contributed by atoms with Crippen LogP contribution in [0, 0.1) is 0 Å². The Morgan fingerprint density at radius 3 is 3.00 bits per heavy atom. The van der Waals surface area contributed by atoms with Gasteiger partial charge in [0.1, 0.15) is 5.75 Å². The number of ether oxygens (including phenoxy) is 1. The lowest BCUT2D eigenvalue weighted by Crippen LogP contribution is -2.07. The third-order valence-electron chi connectivity index (χ3n) is 2.78. The van der Waals surface area contributed by atoms with E-state index in [0.717, 1.165) is 23.4 Å². The number of anilines is 1. The van der Waals surface area contributed by atoms with Gasteiger partial charge in [-0.25, -0.2) is 0 Å². The second kappa shape index (κ2) is 6.56. The van der Waals surface area contributed by atoms with Gasteiger partial charge in [-0.3, -0.25) is 9.89 Å². The van der Waals surface area contributed by atoms with Crippen molar-refractivity contribution in [2.75, 3.05) is 12.4 Å². The van der Waals surface area contributed by atoms with Crippen LogP contribution >= 0.6 is 0 Å². The number of nitrogens with zero attached hydrogens (tertiary/aromatic N) is 1. The zero-order chi connectivity index (χ0) is 14.4. The first-order chi connectivity index (χ1) is 9.71. The van der Waals surface area contributed by atoms with Crippen molar-refractivity contribution in [1.82, 2.24) is 10.2 Å². The average molecular weight is 271 g/mol. The van der Waals surface area contributed by atoms with Crippen LogP contribution in [0.15, 0.2) is 36.4 Å². The predicted octanol–water partition coefficient (Wildman–Crippen LogP) is 2.63. The minimum atomic E-state index is -0.220. The summed E-state index contributed by atoms with van der Waals surface area (Å²) in [6.07, 6.45) is 4.04. The van der Waals surface area contributed by atoms with E-state index in [2.05, 4.69) is 15.5 Å². The van der Waals surface area contributed by atoms with Crippen molar-refractivity contribution in [3.63, 3.8) is 0 Å². The van der Waals surface area contributed by atoms with E-state index in [1.165, 1.54) is 6.08 Å². The van der Waals surface area contributed by atoms with Crippen LogP contribution < -0.4 is 10.1 Å². The molecule has 0 fully saturated rings. The van der Waals surface area contributed by atoms with E-state index >= 15 is 0 Å². The van der Waals surface area contributed by atoms with Crippen molar-refractivity contribution in [2.24, 2.45) is 0 Å². The molecule has 104 valence electrons. The summed E-state index contributed by atoms with van der Waals surface area (Å²) in [5.74, 6) is 1.07. The fourth-order valence-electron chi connectivity index (χ4n) is 1.69. The first-order valence-corrected chi connectivity index (χ1v) is 6.38. The molecule has 5 nitrogen and oxygen atoms in total. The summed E-state index contributed by atoms with van der Waals surface area (Å²) in [6, 6.07) is 9.30. The summed E-state index contributed by atoms with van der Waals surface area (Å²) < 4.78 is 5.12. The molecule has 0 aliphatic rings. The molecule has 5 heteroatoms. The second-order valence-electron chi connectivity index (χ2n) is 4.23. The Labute approximate surface area is 117 Å². The number of carbonyl (C=O) groups is 1. The average Bonchev–Trinajstić information content (AvgIpc) is 2.93. The molecule has 2 N–H and O–H groups in total. The minimum absolute atomic E-state index is 0.220. The van der Waals surface area contributed by atoms with Crippen LogP contribution in [0.4, 0.5) is 5.82 Å². The molecule has 0 saturated carbocycles. The quantitative estimate of drug-likeness (QED) is 0.821. The van der Waals surface area contributed by atoms with E-state index in [4.69, 9.17) is 4.74 Å². The van der Waals surface area contributed by atoms with Gasteiger partial charge in [-0.05, 0) is 30.2 Å². The van der Waals surface area contributed by atoms with Crippen LogP contribution in [0.3, 0.4) is 0 Å². The zero-order valence-electron chi connectivity index (χ0n) is 11.5. The van der Waals surface area contributed by atoms with Gasteiger partial charge in [-0.2, -0.15) is 5.10 Å². The molecule has 1 heterocycles. The number of carbonyl (C=O) groups excluding carboxylic acids is 1. The van der Waals surface area contributed by atoms with Crippen molar-refractivity contribution in [3.8, 4) is 5.75 Å². The van der Waals surface area contributed by atoms with Gasteiger partial charge in [0.2, 0.25) is 5.91 Å². The molecule has 0 bridgehead atoms. The molecule has 1 aromatic carbocycles. The van der Waals surface area contributed by atoms with Gasteiger partial charge in [0, 0.05) is 17.8 Å². The Kier molecular flexibility index (Phi) is 4.55. The van der Waals surface area contributed by atoms with Crippen molar-refractivity contribution >= 4 is 17.8 Å². The van der Waals surface area contributed by atoms with E-state index in [9.17, 15) is 4.79 Å². The molecular formula is C15H17N3O2. The fourth-order valence-corrected chi connectivity index (χ4v) is 1.69. The first-order valence-electron chi connectivity index (χ1n) is 6.38. The maximum Gasteiger partial charge on any atom is 0.249 e. The number of aryl methyl sites for hydroxylation is 1. The number of hydrogen-bond acceptors (Lipinski definition) is 3. The highest BCUT2D eigenvalue weighted by molar-refractivity contribution is 6.01. The van der Waals surface area contributed by atoms with Gasteiger partial charge in [-0.1, -0.05) is 19.1 Å². The topological polar surface area (TPSA) is 67.0 Å². The SMILES string of the molecule is CCc1cc(NC(=O)/C=C/c2cccc(OC)c2)n[nH]1. The van der Waals surface area contributed by atoms with Crippen molar-refractivity contribution < 1.29 is 9.53 Å². The second-order valence-corrected chi connectivity index (χ2v) is 4.23. The summed E-state index contributed by atoms with van der Waals surface area (Å²) in [5, 5.41) is 9.54. The van der Waals surface area contributed by atoms with E-state index in [0.29, 0.717) is 5.82 Å². The number of hydrogen-bond donors (Lipinski definition) is 2. The van der Waals surface area contributed by atoms with E-state index in [1.54, 1.807) is 13.2 Å². The van der Waals surface area contributed by atoms with E-state index in [1.807, 2.05) is 37.3 Å². The minimum Gasteiger partial charge on any atom is -0.497 e. The number of amides is 1. The molecule has 2 rings (SSSR count). The van der Waals surface area contributed by atoms with Crippen LogP contribution in [-0.2, 0) is 11.2 Å². The van der Waals surface area contributed by atoms with Crippen LogP contribution in [0.2, 0.25) is 0 Å². The molecule has 0 unspecified atom stereocenters. The third kappa shape index (κ3) is 3.71. The third-order valence-corrected chi connectivity index (χ3v) is 2.78. The first kappa shape index (κ1) is 13.9. The number of rotatable bonds is 5. The lowest BCUT2D eigenvalue weighted by Gasteiger charge is -2.00. The smallest absolute Gasteiger partial charge is 0.249 e. The maximum atomic E-state index is 11.8. The Bertz CT molecular complexity index is 617. The molecule has 0 aliphatic carbocycles. The van der Waals surface area contributed by atoms with Gasteiger partial charge < -0.3 is 10.1 Å². The molecule has 0 atom stereocenters. The number of aromatic amines is 1. The monoisotopic (exact) mass is 271 g/mol. The molecule has 20 heavy (non-hydrogen) atoms. The summed E-state index contributed by atoms with van der Waals surface area (Å²) in [4.78, 5) is 11.8. The highest BCUT2D eigenvalue weighted by Gasteiger charge is 2.02. The Hall–Kier alpha value is -2.56. The fraction of sp³-hybridized carbons (Fsp3) is 0.200. The highest BCUT2D eigenvalue weighted by Crippen LogP contribution is 2.13. The predicted molar refractivity (Wildman–Crippen MR) is 78.6 cm³/mol. The highest BCUT2D eigenvalue weighted by atomic mass is 16.5. The molecule has 1 amide bonds. The Morgan fingerprint density at radius 2 is 2.30 bits per heavy atom. The van der Waals surface area contributed by atoms with Crippen molar-refractivity contribution in [2.45, 2.75) is 13.3 Å². The number of benzene rings is 1. The number of H-pyrrole nitrogens is 1. The van der Waals surface area contributed by atoms with Crippen molar-refractivity contribution in [1.29, 1.82) is 0 Å². The van der Waals surface area contributed by atoms with Gasteiger partial charge >= 0.3 is 0 Å². The molecule has 0 radical (unpaired) electrons. The zero-order valence-corrected chi connectivity index (χ0v) is 11.5. The van der Waals surface area contributed by atoms with Gasteiger partial charge in [0.25, 0.3) is 0 Å². The van der Waals surface area contributed by atoms with Gasteiger partial charge in [-0.15, -0.1) is 0 Å². The Balaban J connectivity index is 1.97. The summed E-state index contributed by atoms with van der Waals surface area (Å²) in [6.45, 7) is 2.02. The molecular weight excluding hydrogens is 254 g/mol. The summed E-state index contributed by atoms with van der Waals surface area (Å²) in [7, 11) is 1.61. The summed E-state index contributed by atoms with van der Waals surface area (Å²) >= 11 is 0. The number of nitrogens with one attached hydrogen (secondary N) is 2. The molecule has 2 aromatic rings. The molecule has 0 aliphatic heterocycles. The van der Waals surface area contributed by atoms with Crippen LogP contribution in [0.1, 0.15) is 18.2 Å². The molecule has 0 spiro atoms. The molecule has 0 saturated heterocycles. The number of aromatic nitrogens is 2. The standard InChI is InChI=1S/C15H17N3O2/c1-3-12-10-14(18-17-12)16-15(19)8-7-11-5-4-6-13(9-11)20-2/h4-10H,3H2,1-2H3,(H2,16,17,18,19)/b8-7+. The Morgan fingerprint density at radius 1 is 1.45 bits per heavy atom. The van der Waals surface area contributed by atoms with E-state index in [-0.39, 0.29) is 5.91 Å². The lowest BCUT2D eigenvalue weighted by molar-refractivity contribution is -0.111. The lowest BCUT2D eigenvalue weighted by atomic mass is 10.2. The normalized spacial score (nSPS) is 10.7. The number of methoxy groups -OCH3 is 1. The van der Waals surface area contributed by atoms with E-state index < -0.39 is 0 Å². The maximum absolute atomic E-state index is 11.8. The molecule has 1 aromatic heterocycles. The van der Waals surface area contributed by atoms with Gasteiger partial charge in [0.15, 0.2) is 5.82 Å². The van der Waals surface area contributed by atoms with Crippen LogP contribution in [0.25, 0.3) is 6.08 Å². The van der Waals surface area contributed by atoms with Gasteiger partial charge in [0.05, 0.1) is 7.11 Å². The van der Waals surface area contributed by atoms with Crippen LogP contribution in [0.5, 0.6) is 5.75 Å². The van der Waals surface area contributed by atoms with Crippen molar-refractivity contribution in [3.05, 3.63) is 47.7 Å². The van der Waals surface area contributed by atoms with Crippen LogP contribution in [-0.4, -0.2) is 23.2 Å². The largest absolute Gasteiger partial charge is 0.497 e.